The molecule has 0 amide bonds. The van der Waals surface area contributed by atoms with E-state index < -0.39 is 0 Å². The second kappa shape index (κ2) is 6.75. The van der Waals surface area contributed by atoms with Crippen LogP contribution in [0.15, 0.2) is 58.6 Å². The van der Waals surface area contributed by atoms with Crippen molar-refractivity contribution in [2.75, 3.05) is 0 Å². The quantitative estimate of drug-likeness (QED) is 0.683. The summed E-state index contributed by atoms with van der Waals surface area (Å²) in [6.07, 6.45) is 0. The molecular weight excluding hydrogens is 388 g/mol. The van der Waals surface area contributed by atoms with Crippen LogP contribution < -0.4 is 10.6 Å². The Balaban J connectivity index is 2.18. The first kappa shape index (κ1) is 16.7. The molecule has 1 atom stereocenters. The van der Waals surface area contributed by atoms with Crippen molar-refractivity contribution in [3.63, 3.8) is 0 Å². The van der Waals surface area contributed by atoms with Crippen molar-refractivity contribution >= 4 is 44.7 Å². The molecule has 24 heavy (non-hydrogen) atoms. The topological polar surface area (TPSA) is 61.4 Å². The van der Waals surface area contributed by atoms with E-state index in [1.165, 1.54) is 0 Å². The third-order valence-electron chi connectivity index (χ3n) is 3.82. The summed E-state index contributed by atoms with van der Waals surface area (Å²) in [7, 11) is 0. The summed E-state index contributed by atoms with van der Waals surface area (Å²) in [5.74, 6) is 0.0949. The molecule has 2 aromatic rings. The lowest BCUT2D eigenvalue weighted by Gasteiger charge is -2.31. The molecule has 2 aromatic carbocycles. The van der Waals surface area contributed by atoms with Crippen molar-refractivity contribution in [2.24, 2.45) is 0 Å². The number of nitrogens with one attached hydrogen (secondary N) is 2. The molecule has 3 N–H and O–H groups in total. The molecule has 1 aliphatic rings. The summed E-state index contributed by atoms with van der Waals surface area (Å²) >= 11 is 8.65. The Kier molecular flexibility index (Phi) is 4.69. The van der Waals surface area contributed by atoms with Crippen LogP contribution >= 0.6 is 28.1 Å². The molecule has 0 radical (unpaired) electrons. The first-order valence-electron chi connectivity index (χ1n) is 7.34. The predicted molar refractivity (Wildman–Crippen MR) is 101 cm³/mol. The maximum atomic E-state index is 12.4. The van der Waals surface area contributed by atoms with Crippen LogP contribution in [0.5, 0.6) is 5.75 Å². The first-order valence-corrected chi connectivity index (χ1v) is 8.54. The van der Waals surface area contributed by atoms with Gasteiger partial charge in [0.15, 0.2) is 10.9 Å². The zero-order valence-electron chi connectivity index (χ0n) is 12.8. The highest BCUT2D eigenvalue weighted by molar-refractivity contribution is 9.10. The van der Waals surface area contributed by atoms with Crippen LogP contribution in [0, 0.1) is 0 Å². The van der Waals surface area contributed by atoms with E-state index in [1.807, 2.05) is 30.3 Å². The Hall–Kier alpha value is -2.18. The van der Waals surface area contributed by atoms with E-state index in [2.05, 4.69) is 26.6 Å². The molecule has 4 nitrogen and oxygen atoms in total. The molecule has 122 valence electrons. The van der Waals surface area contributed by atoms with Gasteiger partial charge in [0.25, 0.3) is 0 Å². The lowest BCUT2D eigenvalue weighted by atomic mass is 9.90. The van der Waals surface area contributed by atoms with Crippen molar-refractivity contribution < 1.29 is 9.90 Å². The molecule has 1 aliphatic heterocycles. The normalized spacial score (nSPS) is 17.2. The number of carbonyl (C=O) groups excluding carboxylic acids is 1. The van der Waals surface area contributed by atoms with Crippen LogP contribution in [0.2, 0.25) is 0 Å². The molecule has 0 aromatic heterocycles. The minimum atomic E-state index is -0.386. The Morgan fingerprint density at radius 1 is 1.21 bits per heavy atom. The van der Waals surface area contributed by atoms with Gasteiger partial charge in [-0.3, -0.25) is 4.79 Å². The van der Waals surface area contributed by atoms with E-state index in [4.69, 9.17) is 12.2 Å². The summed E-state index contributed by atoms with van der Waals surface area (Å²) in [6, 6.07) is 14.4. The van der Waals surface area contributed by atoms with Gasteiger partial charge in [-0.15, -0.1) is 0 Å². The number of phenols is 1. The molecule has 0 spiro atoms. The summed E-state index contributed by atoms with van der Waals surface area (Å²) in [6.45, 7) is 1.54. The maximum Gasteiger partial charge on any atom is 0.171 e. The predicted octanol–water partition coefficient (Wildman–Crippen LogP) is 3.67. The number of phenolic OH excluding ortho intramolecular Hbond substituents is 1. The van der Waals surface area contributed by atoms with E-state index in [1.54, 1.807) is 25.1 Å². The number of hydrogen-bond donors (Lipinski definition) is 3. The smallest absolute Gasteiger partial charge is 0.171 e. The van der Waals surface area contributed by atoms with Crippen LogP contribution in [-0.4, -0.2) is 16.0 Å². The van der Waals surface area contributed by atoms with Crippen LogP contribution in [0.4, 0.5) is 0 Å². The summed E-state index contributed by atoms with van der Waals surface area (Å²) < 4.78 is 0.565. The maximum absolute atomic E-state index is 12.4. The molecule has 0 fully saturated rings. The highest BCUT2D eigenvalue weighted by Crippen LogP contribution is 2.34. The first-order chi connectivity index (χ1) is 11.5. The molecule has 1 heterocycles. The van der Waals surface area contributed by atoms with Crippen LogP contribution in [0.25, 0.3) is 5.70 Å². The zero-order chi connectivity index (χ0) is 17.3. The van der Waals surface area contributed by atoms with Gasteiger partial charge >= 0.3 is 0 Å². The molecule has 0 bridgehead atoms. The number of benzene rings is 2. The summed E-state index contributed by atoms with van der Waals surface area (Å²) in [5.41, 5.74) is 3.05. The standard InChI is InChI=1S/C18H15BrN2O2S/c1-10(22)15-16(11-5-3-2-4-6-11)20-18(24)21-17(15)12-7-8-14(23)13(19)9-12/h2-9,17,23H,1H3,(H2,20,21,24)/t17-/m0/s1. The highest BCUT2D eigenvalue weighted by Gasteiger charge is 2.30. The van der Waals surface area contributed by atoms with E-state index in [9.17, 15) is 9.90 Å². The molecule has 3 rings (SSSR count). The number of Topliss-reactive ketones (excluding diaryl/α,β-unsaturated/α-hetero) is 1. The van der Waals surface area contributed by atoms with Gasteiger partial charge in [-0.05, 0) is 58.3 Å². The average Bonchev–Trinajstić information content (AvgIpc) is 2.57. The number of halogens is 1. The summed E-state index contributed by atoms with van der Waals surface area (Å²) in [4.78, 5) is 12.4. The largest absolute Gasteiger partial charge is 0.507 e. The van der Waals surface area contributed by atoms with Crippen molar-refractivity contribution in [3.8, 4) is 5.75 Å². The third kappa shape index (κ3) is 3.20. The average molecular weight is 403 g/mol. The zero-order valence-corrected chi connectivity index (χ0v) is 15.2. The summed E-state index contributed by atoms with van der Waals surface area (Å²) in [5, 5.41) is 16.4. The van der Waals surface area contributed by atoms with Crippen LogP contribution in [0.1, 0.15) is 24.1 Å². The fourth-order valence-electron chi connectivity index (χ4n) is 2.73. The number of aromatic hydroxyl groups is 1. The van der Waals surface area contributed by atoms with Gasteiger partial charge in [0, 0.05) is 5.57 Å². The van der Waals surface area contributed by atoms with E-state index >= 15 is 0 Å². The van der Waals surface area contributed by atoms with Crippen molar-refractivity contribution in [1.29, 1.82) is 0 Å². The van der Waals surface area contributed by atoms with Gasteiger partial charge in [0.2, 0.25) is 0 Å². The van der Waals surface area contributed by atoms with Gasteiger partial charge in [-0.25, -0.2) is 0 Å². The monoisotopic (exact) mass is 402 g/mol. The SMILES string of the molecule is CC(=O)C1=C(c2ccccc2)NC(=S)N[C@H]1c1ccc(O)c(Br)c1. The van der Waals surface area contributed by atoms with Crippen LogP contribution in [-0.2, 0) is 4.79 Å². The van der Waals surface area contributed by atoms with Gasteiger partial charge < -0.3 is 15.7 Å². The lowest BCUT2D eigenvalue weighted by Crippen LogP contribution is -2.44. The Morgan fingerprint density at radius 3 is 2.54 bits per heavy atom. The van der Waals surface area contributed by atoms with Gasteiger partial charge in [-0.2, -0.15) is 0 Å². The van der Waals surface area contributed by atoms with Gasteiger partial charge in [-0.1, -0.05) is 36.4 Å². The van der Waals surface area contributed by atoms with E-state index in [0.717, 1.165) is 11.1 Å². The fraction of sp³-hybridized carbons (Fsp3) is 0.111. The van der Waals surface area contributed by atoms with Gasteiger partial charge in [0.05, 0.1) is 16.2 Å². The second-order valence-corrected chi connectivity index (χ2v) is 6.72. The van der Waals surface area contributed by atoms with Crippen molar-refractivity contribution in [3.05, 3.63) is 69.7 Å². The number of hydrogen-bond acceptors (Lipinski definition) is 3. The molecule has 0 aliphatic carbocycles. The minimum Gasteiger partial charge on any atom is -0.507 e. The Bertz CT molecular complexity index is 849. The molecule has 0 saturated carbocycles. The van der Waals surface area contributed by atoms with Gasteiger partial charge in [0.1, 0.15) is 5.75 Å². The number of carbonyl (C=O) groups is 1. The molecular formula is C18H15BrN2O2S. The van der Waals surface area contributed by atoms with Crippen molar-refractivity contribution in [1.82, 2.24) is 10.6 Å². The third-order valence-corrected chi connectivity index (χ3v) is 4.67. The second-order valence-electron chi connectivity index (χ2n) is 5.45. The fourth-order valence-corrected chi connectivity index (χ4v) is 3.35. The van der Waals surface area contributed by atoms with E-state index in [-0.39, 0.29) is 17.6 Å². The number of rotatable bonds is 3. The minimum absolute atomic E-state index is 0.0504. The van der Waals surface area contributed by atoms with Crippen molar-refractivity contribution in [2.45, 2.75) is 13.0 Å². The molecule has 0 saturated heterocycles. The molecule has 0 unspecified atom stereocenters. The van der Waals surface area contributed by atoms with E-state index in [0.29, 0.717) is 20.9 Å². The number of ketones is 1. The van der Waals surface area contributed by atoms with Crippen LogP contribution in [0.3, 0.4) is 0 Å². The number of thiocarbonyl (C=S) groups is 1. The highest BCUT2D eigenvalue weighted by atomic mass is 79.9. The Morgan fingerprint density at radius 2 is 1.92 bits per heavy atom. The lowest BCUT2D eigenvalue weighted by molar-refractivity contribution is -0.113. The Labute approximate surface area is 153 Å². The molecule has 6 heteroatoms.